The van der Waals surface area contributed by atoms with E-state index in [4.69, 9.17) is 5.73 Å². The molecule has 0 bridgehead atoms. The molecule has 28 heavy (non-hydrogen) atoms. The number of fused-ring (bicyclic) bond motifs is 2. The smallest absolute Gasteiger partial charge is 0.240 e. The Morgan fingerprint density at radius 1 is 1.04 bits per heavy atom. The Labute approximate surface area is 167 Å². The van der Waals surface area contributed by atoms with Crippen molar-refractivity contribution < 1.29 is 4.39 Å². The highest BCUT2D eigenvalue weighted by molar-refractivity contribution is 9.10. The summed E-state index contributed by atoms with van der Waals surface area (Å²) in [5.74, 6) is -0.249. The Morgan fingerprint density at radius 2 is 1.89 bits per heavy atom. The van der Waals surface area contributed by atoms with E-state index in [1.807, 2.05) is 42.2 Å². The maximum Gasteiger partial charge on any atom is 0.240 e. The van der Waals surface area contributed by atoms with Gasteiger partial charge in [0.15, 0.2) is 0 Å². The number of rotatable bonds is 2. The van der Waals surface area contributed by atoms with E-state index in [1.54, 1.807) is 6.07 Å². The monoisotopic (exact) mass is 436 g/mol. The molecule has 0 aliphatic carbocycles. The Hall–Kier alpha value is -3.26. The molecule has 138 valence electrons. The molecule has 0 aliphatic rings. The van der Waals surface area contributed by atoms with Crippen LogP contribution in [0, 0.1) is 5.82 Å². The first kappa shape index (κ1) is 16.9. The zero-order chi connectivity index (χ0) is 19.4. The minimum Gasteiger partial charge on any atom is -0.366 e. The Balaban J connectivity index is 1.84. The summed E-state index contributed by atoms with van der Waals surface area (Å²) in [5, 5.41) is 10.0. The van der Waals surface area contributed by atoms with Gasteiger partial charge in [-0.15, -0.1) is 10.2 Å². The lowest BCUT2D eigenvalue weighted by Gasteiger charge is -2.07. The van der Waals surface area contributed by atoms with E-state index in [0.717, 1.165) is 37.4 Å². The Kier molecular flexibility index (Phi) is 3.70. The lowest BCUT2D eigenvalue weighted by molar-refractivity contribution is 0.629. The molecule has 3 heterocycles. The first-order valence-electron chi connectivity index (χ1n) is 8.53. The van der Waals surface area contributed by atoms with Crippen LogP contribution in [0.1, 0.15) is 0 Å². The lowest BCUT2D eigenvalue weighted by Crippen LogP contribution is -2.02. The van der Waals surface area contributed by atoms with Gasteiger partial charge in [-0.3, -0.25) is 0 Å². The van der Waals surface area contributed by atoms with Crippen LogP contribution in [0.4, 0.5) is 10.3 Å². The SMILES string of the molecule is Cn1cc(-c2nc(N)nnc2-c2c[nH]c3ccc(Br)cc23)c2cc(F)ccc21. The van der Waals surface area contributed by atoms with Crippen LogP contribution >= 0.6 is 15.9 Å². The van der Waals surface area contributed by atoms with Gasteiger partial charge >= 0.3 is 0 Å². The number of aryl methyl sites for hydroxylation is 1. The van der Waals surface area contributed by atoms with Gasteiger partial charge in [-0.25, -0.2) is 9.37 Å². The maximum atomic E-state index is 14.0. The summed E-state index contributed by atoms with van der Waals surface area (Å²) in [6.45, 7) is 0. The summed E-state index contributed by atoms with van der Waals surface area (Å²) in [6.07, 6.45) is 3.77. The molecule has 0 saturated heterocycles. The van der Waals surface area contributed by atoms with E-state index in [9.17, 15) is 4.39 Å². The molecule has 2 aromatic carbocycles. The zero-order valence-electron chi connectivity index (χ0n) is 14.7. The van der Waals surface area contributed by atoms with Crippen molar-refractivity contribution in [1.82, 2.24) is 24.7 Å². The number of benzene rings is 2. The second-order valence-electron chi connectivity index (χ2n) is 6.57. The largest absolute Gasteiger partial charge is 0.366 e. The molecular formula is C20H14BrFN6. The molecule has 8 heteroatoms. The number of hydrogen-bond donors (Lipinski definition) is 2. The van der Waals surface area contributed by atoms with E-state index >= 15 is 0 Å². The van der Waals surface area contributed by atoms with E-state index in [1.165, 1.54) is 12.1 Å². The van der Waals surface area contributed by atoms with Crippen LogP contribution in [0.3, 0.4) is 0 Å². The summed E-state index contributed by atoms with van der Waals surface area (Å²) in [6, 6.07) is 10.6. The summed E-state index contributed by atoms with van der Waals surface area (Å²) in [4.78, 5) is 7.71. The minimum atomic E-state index is -0.312. The number of nitrogens with one attached hydrogen (secondary N) is 1. The number of nitrogens with zero attached hydrogens (tertiary/aromatic N) is 4. The molecule has 5 aromatic rings. The van der Waals surface area contributed by atoms with E-state index in [2.05, 4.69) is 36.1 Å². The third kappa shape index (κ3) is 2.56. The average Bonchev–Trinajstić information content (AvgIpc) is 3.22. The number of halogens is 2. The second kappa shape index (κ2) is 6.13. The highest BCUT2D eigenvalue weighted by atomic mass is 79.9. The van der Waals surface area contributed by atoms with Crippen LogP contribution in [0.25, 0.3) is 44.3 Å². The maximum absolute atomic E-state index is 14.0. The standard InChI is InChI=1S/C20H14BrFN6/c1-28-9-15(13-7-11(22)3-5-17(13)28)18-19(26-27-20(23)25-18)14-8-24-16-4-2-10(21)6-12(14)16/h2-9,24H,1H3,(H2,23,25,27). The van der Waals surface area contributed by atoms with Crippen LogP contribution in [0.5, 0.6) is 0 Å². The fraction of sp³-hybridized carbons (Fsp3) is 0.0500. The topological polar surface area (TPSA) is 85.4 Å². The van der Waals surface area contributed by atoms with E-state index in [0.29, 0.717) is 11.4 Å². The predicted molar refractivity (Wildman–Crippen MR) is 111 cm³/mol. The van der Waals surface area contributed by atoms with Crippen molar-refractivity contribution in [2.75, 3.05) is 5.73 Å². The van der Waals surface area contributed by atoms with Crippen LogP contribution < -0.4 is 5.73 Å². The van der Waals surface area contributed by atoms with Crippen LogP contribution in [0.2, 0.25) is 0 Å². The first-order valence-corrected chi connectivity index (χ1v) is 9.33. The van der Waals surface area contributed by atoms with Crippen molar-refractivity contribution >= 4 is 43.7 Å². The molecule has 0 aliphatic heterocycles. The lowest BCUT2D eigenvalue weighted by atomic mass is 10.0. The number of aromatic amines is 1. The van der Waals surface area contributed by atoms with Crippen molar-refractivity contribution in [3.8, 4) is 22.5 Å². The molecule has 0 fully saturated rings. The fourth-order valence-electron chi connectivity index (χ4n) is 3.55. The summed E-state index contributed by atoms with van der Waals surface area (Å²) in [5.41, 5.74) is 10.4. The van der Waals surface area contributed by atoms with Gasteiger partial charge in [0, 0.05) is 56.8 Å². The summed E-state index contributed by atoms with van der Waals surface area (Å²) < 4.78 is 16.8. The normalized spacial score (nSPS) is 11.5. The molecule has 3 aromatic heterocycles. The van der Waals surface area contributed by atoms with Gasteiger partial charge in [0.25, 0.3) is 0 Å². The first-order chi connectivity index (χ1) is 13.5. The van der Waals surface area contributed by atoms with Crippen molar-refractivity contribution in [3.05, 3.63) is 59.1 Å². The van der Waals surface area contributed by atoms with Crippen LogP contribution in [0.15, 0.2) is 53.3 Å². The third-order valence-corrected chi connectivity index (χ3v) is 5.30. The molecule has 6 nitrogen and oxygen atoms in total. The highest BCUT2D eigenvalue weighted by Gasteiger charge is 2.20. The molecule has 0 atom stereocenters. The van der Waals surface area contributed by atoms with Crippen LogP contribution in [-0.4, -0.2) is 24.7 Å². The average molecular weight is 437 g/mol. The van der Waals surface area contributed by atoms with E-state index in [-0.39, 0.29) is 11.8 Å². The number of anilines is 1. The number of aromatic nitrogens is 5. The number of hydrogen-bond acceptors (Lipinski definition) is 4. The van der Waals surface area contributed by atoms with E-state index < -0.39 is 0 Å². The number of H-pyrrole nitrogens is 1. The molecule has 0 radical (unpaired) electrons. The van der Waals surface area contributed by atoms with Gasteiger partial charge < -0.3 is 15.3 Å². The van der Waals surface area contributed by atoms with Crippen LogP contribution in [-0.2, 0) is 7.05 Å². The summed E-state index contributed by atoms with van der Waals surface area (Å²) in [7, 11) is 1.91. The van der Waals surface area contributed by atoms with Gasteiger partial charge in [-0.1, -0.05) is 15.9 Å². The van der Waals surface area contributed by atoms with Crippen molar-refractivity contribution in [2.45, 2.75) is 0 Å². The Morgan fingerprint density at radius 3 is 2.75 bits per heavy atom. The molecule has 0 saturated carbocycles. The second-order valence-corrected chi connectivity index (χ2v) is 7.49. The molecular weight excluding hydrogens is 423 g/mol. The third-order valence-electron chi connectivity index (χ3n) is 4.81. The van der Waals surface area contributed by atoms with Crippen molar-refractivity contribution in [2.24, 2.45) is 7.05 Å². The molecule has 0 amide bonds. The summed E-state index contributed by atoms with van der Waals surface area (Å²) >= 11 is 3.51. The molecule has 5 rings (SSSR count). The van der Waals surface area contributed by atoms with Gasteiger partial charge in [0.2, 0.25) is 5.95 Å². The van der Waals surface area contributed by atoms with Gasteiger partial charge in [0.05, 0.1) is 0 Å². The molecule has 0 unspecified atom stereocenters. The van der Waals surface area contributed by atoms with Gasteiger partial charge in [0.1, 0.15) is 17.2 Å². The zero-order valence-corrected chi connectivity index (χ0v) is 16.3. The molecule has 3 N–H and O–H groups in total. The quantitative estimate of drug-likeness (QED) is 0.421. The Bertz CT molecular complexity index is 1370. The number of nitrogens with two attached hydrogens (primary N) is 1. The van der Waals surface area contributed by atoms with Gasteiger partial charge in [-0.05, 0) is 36.4 Å². The fourth-order valence-corrected chi connectivity index (χ4v) is 3.91. The highest BCUT2D eigenvalue weighted by Crippen LogP contribution is 2.38. The van der Waals surface area contributed by atoms with Crippen molar-refractivity contribution in [1.29, 1.82) is 0 Å². The molecule has 0 spiro atoms. The van der Waals surface area contributed by atoms with Crippen molar-refractivity contribution in [3.63, 3.8) is 0 Å². The number of nitrogen functional groups attached to an aromatic ring is 1. The van der Waals surface area contributed by atoms with Gasteiger partial charge in [-0.2, -0.15) is 0 Å². The minimum absolute atomic E-state index is 0.0631. The predicted octanol–water partition coefficient (Wildman–Crippen LogP) is 4.66.